The molecule has 3 aromatic rings. The minimum absolute atomic E-state index is 0.0235. The summed E-state index contributed by atoms with van der Waals surface area (Å²) in [6.45, 7) is 10.8. The predicted octanol–water partition coefficient (Wildman–Crippen LogP) is 4.47. The fraction of sp³-hybridized carbons (Fsp3) is 0.273. The van der Waals surface area contributed by atoms with Gasteiger partial charge >= 0.3 is 0 Å². The van der Waals surface area contributed by atoms with Crippen LogP contribution in [0.2, 0.25) is 0 Å². The molecule has 1 saturated heterocycles. The lowest BCUT2D eigenvalue weighted by Crippen LogP contribution is -2.39. The van der Waals surface area contributed by atoms with Crippen molar-refractivity contribution in [3.8, 4) is 16.9 Å². The van der Waals surface area contributed by atoms with Crippen LogP contribution in [0.15, 0.2) is 48.5 Å². The summed E-state index contributed by atoms with van der Waals surface area (Å²) >= 11 is 0. The molecular formula is C22H22FN5. The van der Waals surface area contributed by atoms with Crippen molar-refractivity contribution in [2.75, 3.05) is 18.0 Å². The highest BCUT2D eigenvalue weighted by Gasteiger charge is 2.21. The molecule has 1 aliphatic heterocycles. The van der Waals surface area contributed by atoms with Gasteiger partial charge in [-0.05, 0) is 38.0 Å². The topological polar surface area (TPSA) is 51.4 Å². The van der Waals surface area contributed by atoms with Crippen molar-refractivity contribution in [2.45, 2.75) is 25.8 Å². The van der Waals surface area contributed by atoms with Crippen LogP contribution in [0.25, 0.3) is 21.8 Å². The Labute approximate surface area is 164 Å². The molecule has 0 saturated carbocycles. The molecule has 1 aromatic heterocycles. The SMILES string of the molecule is [C-]#[N+]c1ccc(-c2cc(N3CCC(N)CC3)nn2-c2ccc(C)cc2)cc1F. The molecule has 0 bridgehead atoms. The lowest BCUT2D eigenvalue weighted by molar-refractivity contribution is 0.498. The molecule has 28 heavy (non-hydrogen) atoms. The normalized spacial score (nSPS) is 14.9. The van der Waals surface area contributed by atoms with E-state index in [9.17, 15) is 4.39 Å². The zero-order valence-corrected chi connectivity index (χ0v) is 15.8. The molecule has 2 aromatic carbocycles. The standard InChI is InChI=1S/C22H22FN5/c1-15-3-6-18(7-4-15)28-21(16-5-8-20(25-2)19(23)13-16)14-22(26-28)27-11-9-17(24)10-12-27/h3-8,13-14,17H,9-12,24H2,1H3. The Morgan fingerprint density at radius 2 is 1.82 bits per heavy atom. The Balaban J connectivity index is 1.80. The molecule has 0 atom stereocenters. The number of rotatable bonds is 3. The van der Waals surface area contributed by atoms with E-state index < -0.39 is 5.82 Å². The van der Waals surface area contributed by atoms with E-state index in [4.69, 9.17) is 17.4 Å². The molecule has 4 rings (SSSR count). The number of nitrogens with zero attached hydrogens (tertiary/aromatic N) is 4. The second kappa shape index (κ2) is 7.45. The third-order valence-electron chi connectivity index (χ3n) is 5.20. The summed E-state index contributed by atoms with van der Waals surface area (Å²) in [7, 11) is 0. The van der Waals surface area contributed by atoms with E-state index in [-0.39, 0.29) is 11.7 Å². The summed E-state index contributed by atoms with van der Waals surface area (Å²) in [6.07, 6.45) is 1.86. The first kappa shape index (κ1) is 18.2. The van der Waals surface area contributed by atoms with Crippen molar-refractivity contribution < 1.29 is 4.39 Å². The highest BCUT2D eigenvalue weighted by atomic mass is 19.1. The molecule has 0 spiro atoms. The number of piperidine rings is 1. The van der Waals surface area contributed by atoms with E-state index in [0.717, 1.165) is 48.7 Å². The van der Waals surface area contributed by atoms with Gasteiger partial charge in [-0.25, -0.2) is 13.9 Å². The van der Waals surface area contributed by atoms with Crippen molar-refractivity contribution >= 4 is 11.5 Å². The van der Waals surface area contributed by atoms with E-state index in [1.807, 2.05) is 41.9 Å². The second-order valence-corrected chi connectivity index (χ2v) is 7.24. The minimum Gasteiger partial charge on any atom is -0.355 e. The molecule has 6 heteroatoms. The van der Waals surface area contributed by atoms with Gasteiger partial charge in [0.25, 0.3) is 0 Å². The van der Waals surface area contributed by atoms with Crippen LogP contribution in [-0.2, 0) is 0 Å². The summed E-state index contributed by atoms with van der Waals surface area (Å²) in [5, 5.41) is 4.83. The number of hydrogen-bond donors (Lipinski definition) is 1. The number of nitrogens with two attached hydrogens (primary N) is 1. The largest absolute Gasteiger partial charge is 0.355 e. The third kappa shape index (κ3) is 3.49. The van der Waals surface area contributed by atoms with Gasteiger partial charge in [0.05, 0.1) is 18.0 Å². The Hall–Kier alpha value is -3.17. The van der Waals surface area contributed by atoms with Crippen LogP contribution < -0.4 is 10.6 Å². The van der Waals surface area contributed by atoms with E-state index >= 15 is 0 Å². The van der Waals surface area contributed by atoms with Gasteiger partial charge in [-0.2, -0.15) is 0 Å². The van der Waals surface area contributed by atoms with Crippen molar-refractivity contribution in [1.29, 1.82) is 0 Å². The Morgan fingerprint density at radius 1 is 1.11 bits per heavy atom. The fourth-order valence-corrected chi connectivity index (χ4v) is 3.50. The Bertz CT molecular complexity index is 1020. The Morgan fingerprint density at radius 3 is 2.46 bits per heavy atom. The van der Waals surface area contributed by atoms with Gasteiger partial charge in [0.1, 0.15) is 5.82 Å². The first-order valence-corrected chi connectivity index (χ1v) is 9.40. The molecule has 2 N–H and O–H groups in total. The van der Waals surface area contributed by atoms with Crippen molar-refractivity contribution in [2.24, 2.45) is 5.73 Å². The van der Waals surface area contributed by atoms with Crippen LogP contribution in [-0.4, -0.2) is 28.9 Å². The number of halogens is 1. The minimum atomic E-state index is -0.519. The lowest BCUT2D eigenvalue weighted by Gasteiger charge is -2.30. The average molecular weight is 375 g/mol. The van der Waals surface area contributed by atoms with Crippen LogP contribution in [0.3, 0.4) is 0 Å². The highest BCUT2D eigenvalue weighted by molar-refractivity contribution is 5.69. The quantitative estimate of drug-likeness (QED) is 0.688. The van der Waals surface area contributed by atoms with E-state index in [1.165, 1.54) is 12.1 Å². The smallest absolute Gasteiger partial charge is 0.222 e. The number of benzene rings is 2. The number of hydrogen-bond acceptors (Lipinski definition) is 3. The van der Waals surface area contributed by atoms with E-state index in [2.05, 4.69) is 9.74 Å². The van der Waals surface area contributed by atoms with Crippen LogP contribution in [0, 0.1) is 19.3 Å². The van der Waals surface area contributed by atoms with E-state index in [0.29, 0.717) is 5.56 Å². The molecule has 0 radical (unpaired) electrons. The van der Waals surface area contributed by atoms with Crippen molar-refractivity contribution in [3.63, 3.8) is 0 Å². The molecule has 0 aliphatic carbocycles. The third-order valence-corrected chi connectivity index (χ3v) is 5.20. The number of anilines is 1. The maximum absolute atomic E-state index is 14.3. The maximum Gasteiger partial charge on any atom is 0.222 e. The summed E-state index contributed by atoms with van der Waals surface area (Å²) in [5.41, 5.74) is 9.62. The molecule has 0 unspecified atom stereocenters. The average Bonchev–Trinajstić information content (AvgIpc) is 3.14. The molecule has 5 nitrogen and oxygen atoms in total. The fourth-order valence-electron chi connectivity index (χ4n) is 3.50. The molecule has 0 amide bonds. The summed E-state index contributed by atoms with van der Waals surface area (Å²) in [5.74, 6) is 0.340. The van der Waals surface area contributed by atoms with Gasteiger partial charge in [-0.3, -0.25) is 0 Å². The van der Waals surface area contributed by atoms with Gasteiger partial charge in [-0.1, -0.05) is 29.8 Å². The van der Waals surface area contributed by atoms with Crippen LogP contribution in [0.4, 0.5) is 15.9 Å². The molecule has 1 aliphatic rings. The summed E-state index contributed by atoms with van der Waals surface area (Å²) in [6, 6.07) is 15.0. The van der Waals surface area contributed by atoms with Crippen LogP contribution in [0.5, 0.6) is 0 Å². The summed E-state index contributed by atoms with van der Waals surface area (Å²) in [4.78, 5) is 5.44. The first-order valence-electron chi connectivity index (χ1n) is 9.40. The van der Waals surface area contributed by atoms with Crippen molar-refractivity contribution in [3.05, 3.63) is 71.3 Å². The van der Waals surface area contributed by atoms with Crippen LogP contribution in [0.1, 0.15) is 18.4 Å². The van der Waals surface area contributed by atoms with Gasteiger partial charge in [0, 0.05) is 30.8 Å². The van der Waals surface area contributed by atoms with E-state index in [1.54, 1.807) is 6.07 Å². The first-order chi connectivity index (χ1) is 13.5. The zero-order valence-electron chi connectivity index (χ0n) is 15.8. The van der Waals surface area contributed by atoms with Gasteiger partial charge in [0.15, 0.2) is 5.82 Å². The lowest BCUT2D eigenvalue weighted by atomic mass is 10.1. The second-order valence-electron chi connectivity index (χ2n) is 7.24. The maximum atomic E-state index is 14.3. The summed E-state index contributed by atoms with van der Waals surface area (Å²) < 4.78 is 16.1. The molecular weight excluding hydrogens is 353 g/mol. The Kier molecular flexibility index (Phi) is 4.84. The molecule has 142 valence electrons. The zero-order chi connectivity index (χ0) is 19.7. The molecule has 1 fully saturated rings. The number of aryl methyl sites for hydroxylation is 1. The highest BCUT2D eigenvalue weighted by Crippen LogP contribution is 2.31. The number of aromatic nitrogens is 2. The van der Waals surface area contributed by atoms with Crippen molar-refractivity contribution in [1.82, 2.24) is 9.78 Å². The predicted molar refractivity (Wildman–Crippen MR) is 109 cm³/mol. The molecule has 2 heterocycles. The van der Waals surface area contributed by atoms with Gasteiger partial charge in [-0.15, -0.1) is 5.10 Å². The van der Waals surface area contributed by atoms with Gasteiger partial charge < -0.3 is 10.6 Å². The monoisotopic (exact) mass is 375 g/mol. The van der Waals surface area contributed by atoms with Crippen LogP contribution >= 0.6 is 0 Å². The van der Waals surface area contributed by atoms with Gasteiger partial charge in [0.2, 0.25) is 5.69 Å².